The van der Waals surface area contributed by atoms with Crippen molar-refractivity contribution >= 4 is 17.4 Å². The molecule has 0 spiro atoms. The second-order valence-electron chi connectivity index (χ2n) is 5.78. The maximum atomic E-state index is 12.3. The Bertz CT molecular complexity index is 440. The first-order valence-corrected chi connectivity index (χ1v) is 8.39. The van der Waals surface area contributed by atoms with Crippen LogP contribution in [0.5, 0.6) is 0 Å². The molecule has 1 aromatic rings. The predicted octanol–water partition coefficient (Wildman–Crippen LogP) is 3.43. The summed E-state index contributed by atoms with van der Waals surface area (Å²) in [6, 6.07) is 0.290. The van der Waals surface area contributed by atoms with Crippen molar-refractivity contribution in [3.63, 3.8) is 0 Å². The van der Waals surface area contributed by atoms with Crippen LogP contribution in [-0.4, -0.2) is 28.5 Å². The Labute approximate surface area is 125 Å². The lowest BCUT2D eigenvalue weighted by Crippen LogP contribution is -2.46. The monoisotopic (exact) mass is 295 g/mol. The summed E-state index contributed by atoms with van der Waals surface area (Å²) < 4.78 is 0. The average molecular weight is 295 g/mol. The topological polar surface area (TPSA) is 45.2 Å². The summed E-state index contributed by atoms with van der Waals surface area (Å²) >= 11 is 1.68. The third-order valence-corrected chi connectivity index (χ3v) is 5.05. The van der Waals surface area contributed by atoms with E-state index in [1.165, 1.54) is 24.1 Å². The van der Waals surface area contributed by atoms with Crippen LogP contribution in [0.15, 0.2) is 6.20 Å². The van der Waals surface area contributed by atoms with Crippen molar-refractivity contribution in [1.29, 1.82) is 0 Å². The van der Waals surface area contributed by atoms with E-state index in [0.717, 1.165) is 18.0 Å². The molecule has 0 saturated heterocycles. The largest absolute Gasteiger partial charge is 0.331 e. The summed E-state index contributed by atoms with van der Waals surface area (Å²) in [5.41, 5.74) is 0. The van der Waals surface area contributed by atoms with E-state index in [1.54, 1.807) is 11.3 Å². The first-order valence-electron chi connectivity index (χ1n) is 7.58. The summed E-state index contributed by atoms with van der Waals surface area (Å²) in [5, 5.41) is 3.99. The molecule has 1 fully saturated rings. The smallest absolute Gasteiger partial charge is 0.317 e. The molecular weight excluding hydrogens is 270 g/mol. The highest BCUT2D eigenvalue weighted by atomic mass is 32.1. The fourth-order valence-corrected chi connectivity index (χ4v) is 3.13. The van der Waals surface area contributed by atoms with Crippen molar-refractivity contribution in [2.24, 2.45) is 5.92 Å². The van der Waals surface area contributed by atoms with Gasteiger partial charge in [0.25, 0.3) is 0 Å². The van der Waals surface area contributed by atoms with Crippen LogP contribution in [0.25, 0.3) is 0 Å². The van der Waals surface area contributed by atoms with E-state index in [0.29, 0.717) is 12.5 Å². The number of amides is 2. The highest BCUT2D eigenvalue weighted by Crippen LogP contribution is 2.27. The number of aromatic nitrogens is 1. The van der Waals surface area contributed by atoms with Crippen LogP contribution < -0.4 is 5.32 Å². The van der Waals surface area contributed by atoms with Crippen LogP contribution in [0.3, 0.4) is 0 Å². The Kier molecular flexibility index (Phi) is 5.40. The molecule has 2 rings (SSSR count). The number of thiazole rings is 1. The summed E-state index contributed by atoms with van der Waals surface area (Å²) in [6.07, 6.45) is 6.76. The van der Waals surface area contributed by atoms with Gasteiger partial charge in [0.2, 0.25) is 0 Å². The number of nitrogens with one attached hydrogen (secondary N) is 1. The first kappa shape index (κ1) is 15.3. The van der Waals surface area contributed by atoms with Crippen molar-refractivity contribution in [3.05, 3.63) is 16.1 Å². The van der Waals surface area contributed by atoms with Gasteiger partial charge < -0.3 is 10.2 Å². The van der Waals surface area contributed by atoms with E-state index in [2.05, 4.69) is 31.1 Å². The van der Waals surface area contributed by atoms with E-state index in [-0.39, 0.29) is 12.1 Å². The average Bonchev–Trinajstić information content (AvgIpc) is 2.82. The van der Waals surface area contributed by atoms with Crippen LogP contribution in [0.4, 0.5) is 4.79 Å². The third kappa shape index (κ3) is 3.95. The fourth-order valence-electron chi connectivity index (χ4n) is 2.33. The predicted molar refractivity (Wildman–Crippen MR) is 82.9 cm³/mol. The molecule has 0 atom stereocenters. The Morgan fingerprint density at radius 3 is 2.80 bits per heavy atom. The van der Waals surface area contributed by atoms with Gasteiger partial charge in [-0.15, -0.1) is 11.3 Å². The van der Waals surface area contributed by atoms with E-state index in [1.807, 2.05) is 11.1 Å². The minimum Gasteiger partial charge on any atom is -0.331 e. The second kappa shape index (κ2) is 7.07. The molecule has 0 unspecified atom stereocenters. The van der Waals surface area contributed by atoms with Gasteiger partial charge in [-0.2, -0.15) is 0 Å². The molecule has 1 heterocycles. The number of nitrogens with zero attached hydrogens (tertiary/aromatic N) is 2. The Morgan fingerprint density at radius 2 is 2.30 bits per heavy atom. The molecule has 1 N–H and O–H groups in total. The lowest BCUT2D eigenvalue weighted by atomic mass is 9.85. The maximum absolute atomic E-state index is 12.3. The van der Waals surface area contributed by atoms with Gasteiger partial charge in [0.05, 0.1) is 6.54 Å². The van der Waals surface area contributed by atoms with Gasteiger partial charge in [0, 0.05) is 23.7 Å². The first-order chi connectivity index (χ1) is 9.60. The van der Waals surface area contributed by atoms with Crippen molar-refractivity contribution in [2.45, 2.75) is 59.0 Å². The zero-order valence-electron chi connectivity index (χ0n) is 12.7. The Morgan fingerprint density at radius 1 is 1.55 bits per heavy atom. The van der Waals surface area contributed by atoms with Crippen molar-refractivity contribution in [2.75, 3.05) is 6.54 Å². The maximum Gasteiger partial charge on any atom is 0.317 e. The minimum absolute atomic E-state index is 0.0418. The molecule has 2 amide bonds. The molecule has 112 valence electrons. The number of hydrogen-bond donors (Lipinski definition) is 1. The van der Waals surface area contributed by atoms with Gasteiger partial charge in [-0.05, 0) is 39.0 Å². The van der Waals surface area contributed by atoms with Crippen LogP contribution in [0.2, 0.25) is 0 Å². The molecule has 1 aliphatic carbocycles. The normalized spacial score (nSPS) is 15.2. The number of carbonyl (C=O) groups excluding carboxylic acids is 1. The van der Waals surface area contributed by atoms with E-state index < -0.39 is 0 Å². The van der Waals surface area contributed by atoms with Gasteiger partial charge in [-0.1, -0.05) is 13.3 Å². The van der Waals surface area contributed by atoms with E-state index >= 15 is 0 Å². The molecular formula is C15H25N3OS. The SMILES string of the molecule is CCc1cnc(CNC(=O)N(CC2CCC2)C(C)C)s1. The van der Waals surface area contributed by atoms with Crippen LogP contribution in [0, 0.1) is 5.92 Å². The highest BCUT2D eigenvalue weighted by molar-refractivity contribution is 7.11. The Balaban J connectivity index is 1.84. The standard InChI is InChI=1S/C15H25N3OS/c1-4-13-8-16-14(20-13)9-17-15(19)18(11(2)3)10-12-6-5-7-12/h8,11-12H,4-7,9-10H2,1-3H3,(H,17,19). The molecule has 4 nitrogen and oxygen atoms in total. The lowest BCUT2D eigenvalue weighted by Gasteiger charge is -2.34. The van der Waals surface area contributed by atoms with Gasteiger partial charge in [0.1, 0.15) is 5.01 Å². The molecule has 5 heteroatoms. The molecule has 1 saturated carbocycles. The fraction of sp³-hybridized carbons (Fsp3) is 0.733. The second-order valence-corrected chi connectivity index (χ2v) is 6.98. The summed E-state index contributed by atoms with van der Waals surface area (Å²) in [5.74, 6) is 0.703. The van der Waals surface area contributed by atoms with Gasteiger partial charge >= 0.3 is 6.03 Å². The van der Waals surface area contributed by atoms with Gasteiger partial charge in [-0.25, -0.2) is 9.78 Å². The van der Waals surface area contributed by atoms with Gasteiger partial charge in [0.15, 0.2) is 0 Å². The van der Waals surface area contributed by atoms with Crippen molar-refractivity contribution in [1.82, 2.24) is 15.2 Å². The summed E-state index contributed by atoms with van der Waals surface area (Å²) in [6.45, 7) is 7.71. The number of rotatable bonds is 6. The molecule has 20 heavy (non-hydrogen) atoms. The van der Waals surface area contributed by atoms with Crippen molar-refractivity contribution in [3.8, 4) is 0 Å². The van der Waals surface area contributed by atoms with Crippen LogP contribution in [-0.2, 0) is 13.0 Å². The summed E-state index contributed by atoms with van der Waals surface area (Å²) in [4.78, 5) is 19.9. The molecule has 0 aliphatic heterocycles. The quantitative estimate of drug-likeness (QED) is 0.874. The molecule has 1 aromatic heterocycles. The van der Waals surface area contributed by atoms with Gasteiger partial charge in [-0.3, -0.25) is 0 Å². The lowest BCUT2D eigenvalue weighted by molar-refractivity contribution is 0.150. The van der Waals surface area contributed by atoms with Crippen molar-refractivity contribution < 1.29 is 4.79 Å². The molecule has 1 aliphatic rings. The number of hydrogen-bond acceptors (Lipinski definition) is 3. The van der Waals surface area contributed by atoms with Crippen LogP contribution >= 0.6 is 11.3 Å². The third-order valence-electron chi connectivity index (χ3n) is 3.90. The molecule has 0 radical (unpaired) electrons. The molecule has 0 bridgehead atoms. The van der Waals surface area contributed by atoms with E-state index in [9.17, 15) is 4.79 Å². The number of aryl methyl sites for hydroxylation is 1. The minimum atomic E-state index is 0.0418. The number of carbonyl (C=O) groups is 1. The highest BCUT2D eigenvalue weighted by Gasteiger charge is 2.25. The zero-order valence-corrected chi connectivity index (χ0v) is 13.5. The summed E-state index contributed by atoms with van der Waals surface area (Å²) in [7, 11) is 0. The zero-order chi connectivity index (χ0) is 14.5. The molecule has 0 aromatic carbocycles. The number of urea groups is 1. The Hall–Kier alpha value is -1.10. The van der Waals surface area contributed by atoms with E-state index in [4.69, 9.17) is 0 Å². The van der Waals surface area contributed by atoms with Crippen LogP contribution in [0.1, 0.15) is 49.9 Å².